The average molecular weight is 205 g/mol. The first-order valence-corrected chi connectivity index (χ1v) is 5.06. The van der Waals surface area contributed by atoms with E-state index < -0.39 is 0 Å². The number of carbonyl (C=O) groups excluding carboxylic acids is 1. The lowest BCUT2D eigenvalue weighted by Crippen LogP contribution is -1.92. The highest BCUT2D eigenvalue weighted by Crippen LogP contribution is 2.24. The van der Waals surface area contributed by atoms with E-state index in [1.807, 2.05) is 18.2 Å². The topological polar surface area (TPSA) is 17.1 Å². The molecule has 1 nitrogen and oxygen atoms in total. The largest absolute Gasteiger partial charge is 0.294 e. The Hall–Kier alpha value is -1.26. The lowest BCUT2D eigenvalue weighted by atomic mass is 10.0. The van der Waals surface area contributed by atoms with Crippen molar-refractivity contribution in [2.45, 2.75) is 12.8 Å². The van der Waals surface area contributed by atoms with E-state index in [2.05, 4.69) is 11.8 Å². The second kappa shape index (κ2) is 3.86. The van der Waals surface area contributed by atoms with Gasteiger partial charge in [0.05, 0.1) is 5.88 Å². The van der Waals surface area contributed by atoms with E-state index in [0.29, 0.717) is 12.3 Å². The van der Waals surface area contributed by atoms with Gasteiger partial charge in [0.15, 0.2) is 5.78 Å². The molecule has 0 radical (unpaired) electrons. The standard InChI is InChI=1S/C12H9ClO/c13-8-2-4-9-3-1-5-11-10(9)6-7-12(11)14/h1,3,5H,6-8H2. The van der Waals surface area contributed by atoms with Crippen molar-refractivity contribution in [3.63, 3.8) is 0 Å². The molecule has 0 heterocycles. The van der Waals surface area contributed by atoms with Gasteiger partial charge in [-0.15, -0.1) is 11.6 Å². The highest BCUT2D eigenvalue weighted by Gasteiger charge is 2.20. The van der Waals surface area contributed by atoms with Crippen LogP contribution in [0.4, 0.5) is 0 Å². The normalized spacial score (nSPS) is 13.4. The minimum Gasteiger partial charge on any atom is -0.294 e. The van der Waals surface area contributed by atoms with E-state index in [-0.39, 0.29) is 5.78 Å². The molecule has 14 heavy (non-hydrogen) atoms. The number of hydrogen-bond acceptors (Lipinski definition) is 1. The molecule has 0 unspecified atom stereocenters. The van der Waals surface area contributed by atoms with Crippen molar-refractivity contribution in [1.82, 2.24) is 0 Å². The second-order valence-corrected chi connectivity index (χ2v) is 3.46. The minimum atomic E-state index is 0.231. The number of fused-ring (bicyclic) bond motifs is 1. The van der Waals surface area contributed by atoms with Crippen molar-refractivity contribution in [2.75, 3.05) is 5.88 Å². The Morgan fingerprint density at radius 3 is 3.00 bits per heavy atom. The smallest absolute Gasteiger partial charge is 0.163 e. The van der Waals surface area contributed by atoms with Crippen LogP contribution in [-0.2, 0) is 6.42 Å². The van der Waals surface area contributed by atoms with E-state index in [9.17, 15) is 4.79 Å². The van der Waals surface area contributed by atoms with Crippen molar-refractivity contribution >= 4 is 17.4 Å². The van der Waals surface area contributed by atoms with Crippen LogP contribution < -0.4 is 0 Å². The van der Waals surface area contributed by atoms with E-state index in [1.165, 1.54) is 0 Å². The zero-order valence-electron chi connectivity index (χ0n) is 7.64. The second-order valence-electron chi connectivity index (χ2n) is 3.19. The van der Waals surface area contributed by atoms with Crippen LogP contribution in [0.25, 0.3) is 0 Å². The molecule has 2 rings (SSSR count). The molecule has 0 bridgehead atoms. The zero-order chi connectivity index (χ0) is 9.97. The van der Waals surface area contributed by atoms with Gasteiger partial charge < -0.3 is 0 Å². The number of alkyl halides is 1. The lowest BCUT2D eigenvalue weighted by molar-refractivity contribution is 0.0994. The van der Waals surface area contributed by atoms with Crippen LogP contribution in [0.15, 0.2) is 18.2 Å². The molecule has 0 N–H and O–H groups in total. The number of benzene rings is 1. The fourth-order valence-electron chi connectivity index (χ4n) is 1.74. The third-order valence-electron chi connectivity index (χ3n) is 2.37. The molecule has 70 valence electrons. The Morgan fingerprint density at radius 2 is 2.21 bits per heavy atom. The van der Waals surface area contributed by atoms with Gasteiger partial charge in [0.25, 0.3) is 0 Å². The summed E-state index contributed by atoms with van der Waals surface area (Å²) in [5, 5.41) is 0. The average Bonchev–Trinajstić information content (AvgIpc) is 2.58. The number of halogens is 1. The van der Waals surface area contributed by atoms with Gasteiger partial charge in [0.2, 0.25) is 0 Å². The molecular formula is C12H9ClO. The van der Waals surface area contributed by atoms with Crippen molar-refractivity contribution < 1.29 is 4.79 Å². The van der Waals surface area contributed by atoms with E-state index in [4.69, 9.17) is 11.6 Å². The Morgan fingerprint density at radius 1 is 1.36 bits per heavy atom. The van der Waals surface area contributed by atoms with Crippen molar-refractivity contribution in [3.8, 4) is 11.8 Å². The van der Waals surface area contributed by atoms with Crippen molar-refractivity contribution in [2.24, 2.45) is 0 Å². The predicted octanol–water partition coefficient (Wildman–Crippen LogP) is 2.41. The van der Waals surface area contributed by atoms with Crippen LogP contribution in [0.5, 0.6) is 0 Å². The Balaban J connectivity index is 2.49. The Kier molecular flexibility index (Phi) is 2.56. The van der Waals surface area contributed by atoms with E-state index in [1.54, 1.807) is 0 Å². The first-order valence-electron chi connectivity index (χ1n) is 4.53. The molecule has 0 saturated heterocycles. The SMILES string of the molecule is O=C1CCc2c(C#CCCl)cccc21. The van der Waals surface area contributed by atoms with Crippen LogP contribution in [0.2, 0.25) is 0 Å². The summed E-state index contributed by atoms with van der Waals surface area (Å²) >= 11 is 5.49. The molecule has 1 aliphatic rings. The fraction of sp³-hybridized carbons (Fsp3) is 0.250. The van der Waals surface area contributed by atoms with Gasteiger partial charge in [0, 0.05) is 17.5 Å². The van der Waals surface area contributed by atoms with Gasteiger partial charge in [0.1, 0.15) is 0 Å². The molecule has 1 aromatic carbocycles. The predicted molar refractivity (Wildman–Crippen MR) is 56.7 cm³/mol. The van der Waals surface area contributed by atoms with Gasteiger partial charge in [-0.05, 0) is 18.1 Å². The van der Waals surface area contributed by atoms with Crippen LogP contribution in [0.3, 0.4) is 0 Å². The third-order valence-corrected chi connectivity index (χ3v) is 2.50. The summed E-state index contributed by atoms with van der Waals surface area (Å²) in [6.07, 6.45) is 1.44. The van der Waals surface area contributed by atoms with Crippen LogP contribution >= 0.6 is 11.6 Å². The first kappa shape index (κ1) is 9.30. The number of Topliss-reactive ketones (excluding diaryl/α,β-unsaturated/α-hetero) is 1. The van der Waals surface area contributed by atoms with Gasteiger partial charge in [-0.3, -0.25) is 4.79 Å². The van der Waals surface area contributed by atoms with Crippen molar-refractivity contribution in [1.29, 1.82) is 0 Å². The first-order chi connectivity index (χ1) is 6.83. The summed E-state index contributed by atoms with van der Waals surface area (Å²) in [6.45, 7) is 0. The van der Waals surface area contributed by atoms with Crippen LogP contribution in [0.1, 0.15) is 27.9 Å². The molecular weight excluding hydrogens is 196 g/mol. The Bertz CT molecular complexity index is 437. The van der Waals surface area contributed by atoms with Crippen LogP contribution in [-0.4, -0.2) is 11.7 Å². The molecule has 1 aliphatic carbocycles. The number of ketones is 1. The van der Waals surface area contributed by atoms with E-state index in [0.717, 1.165) is 23.1 Å². The zero-order valence-corrected chi connectivity index (χ0v) is 8.40. The summed E-state index contributed by atoms with van der Waals surface area (Å²) in [4.78, 5) is 11.4. The van der Waals surface area contributed by atoms with Gasteiger partial charge >= 0.3 is 0 Å². The quantitative estimate of drug-likeness (QED) is 0.469. The number of hydrogen-bond donors (Lipinski definition) is 0. The van der Waals surface area contributed by atoms with E-state index >= 15 is 0 Å². The minimum absolute atomic E-state index is 0.231. The number of rotatable bonds is 0. The van der Waals surface area contributed by atoms with Crippen LogP contribution in [0, 0.1) is 11.8 Å². The highest BCUT2D eigenvalue weighted by molar-refractivity contribution is 6.19. The monoisotopic (exact) mass is 204 g/mol. The highest BCUT2D eigenvalue weighted by atomic mass is 35.5. The fourth-order valence-corrected chi connectivity index (χ4v) is 1.80. The molecule has 1 aromatic rings. The summed E-state index contributed by atoms with van der Waals surface area (Å²) in [5.41, 5.74) is 2.88. The van der Waals surface area contributed by atoms with Gasteiger partial charge in [-0.1, -0.05) is 24.0 Å². The Labute approximate surface area is 88.1 Å². The van der Waals surface area contributed by atoms with Gasteiger partial charge in [-0.25, -0.2) is 0 Å². The maximum Gasteiger partial charge on any atom is 0.163 e. The molecule has 0 atom stereocenters. The molecule has 2 heteroatoms. The summed E-state index contributed by atoms with van der Waals surface area (Å²) < 4.78 is 0. The summed E-state index contributed by atoms with van der Waals surface area (Å²) in [6, 6.07) is 5.69. The summed E-state index contributed by atoms with van der Waals surface area (Å²) in [7, 11) is 0. The molecule has 0 spiro atoms. The van der Waals surface area contributed by atoms with Crippen molar-refractivity contribution in [3.05, 3.63) is 34.9 Å². The molecule has 0 aliphatic heterocycles. The molecule has 0 amide bonds. The molecule has 0 aromatic heterocycles. The summed E-state index contributed by atoms with van der Waals surface area (Å²) in [5.74, 6) is 6.36. The molecule has 0 saturated carbocycles. The van der Waals surface area contributed by atoms with Gasteiger partial charge in [-0.2, -0.15) is 0 Å². The third kappa shape index (κ3) is 1.54. The maximum atomic E-state index is 11.4. The maximum absolute atomic E-state index is 11.4. The lowest BCUT2D eigenvalue weighted by Gasteiger charge is -1.99. The molecule has 0 fully saturated rings. The number of carbonyl (C=O) groups is 1.